The molecule has 0 saturated heterocycles. The number of nitrogens with zero attached hydrogens (tertiary/aromatic N) is 2. The molecule has 1 aliphatic heterocycles. The normalized spacial score (nSPS) is 18.1. The molecule has 1 aromatic heterocycles. The summed E-state index contributed by atoms with van der Waals surface area (Å²) in [5, 5.41) is 10.1. The van der Waals surface area contributed by atoms with Gasteiger partial charge in [-0.2, -0.15) is 0 Å². The maximum absolute atomic E-state index is 9.32. The van der Waals surface area contributed by atoms with Gasteiger partial charge in [0, 0.05) is 11.8 Å². The van der Waals surface area contributed by atoms with Crippen molar-refractivity contribution in [3.63, 3.8) is 0 Å². The second-order valence-corrected chi connectivity index (χ2v) is 3.59. The first kappa shape index (κ1) is 10.4. The van der Waals surface area contributed by atoms with E-state index in [1.54, 1.807) is 23.6 Å². The zero-order chi connectivity index (χ0) is 11.7. The molecule has 2 rings (SSSR count). The van der Waals surface area contributed by atoms with E-state index < -0.39 is 0 Å². The molecular formula is C10H14N4O2. The monoisotopic (exact) mass is 222 g/mol. The van der Waals surface area contributed by atoms with Gasteiger partial charge >= 0.3 is 0 Å². The van der Waals surface area contributed by atoms with Crippen LogP contribution in [0.15, 0.2) is 47.1 Å². The molecule has 0 fully saturated rings. The summed E-state index contributed by atoms with van der Waals surface area (Å²) in [6.45, 7) is 1.96. The Bertz CT molecular complexity index is 424. The van der Waals surface area contributed by atoms with Gasteiger partial charge in [-0.15, -0.1) is 0 Å². The van der Waals surface area contributed by atoms with E-state index in [0.29, 0.717) is 5.82 Å². The lowest BCUT2D eigenvalue weighted by atomic mass is 10.1. The molecule has 0 aromatic carbocycles. The molecule has 1 unspecified atom stereocenters. The molecule has 0 spiro atoms. The Morgan fingerprint density at radius 3 is 2.69 bits per heavy atom. The second-order valence-electron chi connectivity index (χ2n) is 3.59. The Labute approximate surface area is 93.0 Å². The number of hydrogen-bond acceptors (Lipinski definition) is 6. The average Bonchev–Trinajstić information content (AvgIpc) is 2.75. The first-order chi connectivity index (χ1) is 7.59. The van der Waals surface area contributed by atoms with E-state index in [2.05, 4.69) is 0 Å². The fraction of sp³-hybridized carbons (Fsp3) is 0.200. The van der Waals surface area contributed by atoms with Crippen molar-refractivity contribution in [2.75, 3.05) is 0 Å². The molecule has 0 aliphatic carbocycles. The summed E-state index contributed by atoms with van der Waals surface area (Å²) in [5.41, 5.74) is 12.4. The third-order valence-corrected chi connectivity index (χ3v) is 2.53. The molecule has 6 heteroatoms. The Kier molecular flexibility index (Phi) is 2.49. The highest BCUT2D eigenvalue weighted by atomic mass is 16.5. The highest BCUT2D eigenvalue weighted by Gasteiger charge is 2.21. The van der Waals surface area contributed by atoms with E-state index in [1.165, 1.54) is 6.20 Å². The molecule has 0 saturated carbocycles. The van der Waals surface area contributed by atoms with Gasteiger partial charge < -0.3 is 20.8 Å². The zero-order valence-electron chi connectivity index (χ0n) is 8.87. The lowest BCUT2D eigenvalue weighted by Crippen LogP contribution is -2.35. The Balaban J connectivity index is 2.25. The predicted octanol–water partition coefficient (Wildman–Crippen LogP) is 0.863. The number of furan rings is 1. The van der Waals surface area contributed by atoms with Crippen molar-refractivity contribution in [2.45, 2.75) is 13.0 Å². The van der Waals surface area contributed by atoms with Crippen LogP contribution in [0.4, 0.5) is 0 Å². The maximum atomic E-state index is 9.32. The van der Waals surface area contributed by atoms with Gasteiger partial charge in [-0.05, 0) is 13.0 Å². The molecule has 2 heterocycles. The van der Waals surface area contributed by atoms with Crippen molar-refractivity contribution in [1.82, 2.24) is 9.96 Å². The third-order valence-electron chi connectivity index (χ3n) is 2.53. The maximum Gasteiger partial charge on any atom is 0.145 e. The molecule has 16 heavy (non-hydrogen) atoms. The fourth-order valence-electron chi connectivity index (χ4n) is 1.55. The number of hydroxylamine groups is 2. The van der Waals surface area contributed by atoms with Crippen LogP contribution in [-0.4, -0.2) is 15.2 Å². The molecule has 1 aliphatic rings. The fourth-order valence-corrected chi connectivity index (χ4v) is 1.55. The van der Waals surface area contributed by atoms with Crippen LogP contribution in [0.2, 0.25) is 0 Å². The zero-order valence-corrected chi connectivity index (χ0v) is 8.87. The Hall–Kier alpha value is -2.08. The van der Waals surface area contributed by atoms with E-state index in [-0.39, 0.29) is 11.9 Å². The van der Waals surface area contributed by atoms with Crippen molar-refractivity contribution in [1.29, 1.82) is 0 Å². The number of rotatable bonds is 2. The highest BCUT2D eigenvalue weighted by molar-refractivity contribution is 5.19. The van der Waals surface area contributed by atoms with Gasteiger partial charge in [0.25, 0.3) is 0 Å². The highest BCUT2D eigenvalue weighted by Crippen LogP contribution is 2.26. The summed E-state index contributed by atoms with van der Waals surface area (Å²) in [5.74, 6) is 0.620. The SMILES string of the molecule is CC(c1ccoc1)N1C=C(N)N(O)C=C1N. The van der Waals surface area contributed by atoms with Gasteiger partial charge in [-0.25, -0.2) is 5.06 Å². The van der Waals surface area contributed by atoms with Gasteiger partial charge in [0.2, 0.25) is 0 Å². The van der Waals surface area contributed by atoms with Crippen molar-refractivity contribution < 1.29 is 9.62 Å². The van der Waals surface area contributed by atoms with Crippen LogP contribution in [0, 0.1) is 0 Å². The first-order valence-electron chi connectivity index (χ1n) is 4.82. The quantitative estimate of drug-likeness (QED) is 0.687. The summed E-state index contributed by atoms with van der Waals surface area (Å²) in [6.07, 6.45) is 6.17. The number of hydrogen-bond donors (Lipinski definition) is 3. The molecule has 0 bridgehead atoms. The minimum Gasteiger partial charge on any atom is -0.472 e. The van der Waals surface area contributed by atoms with E-state index in [9.17, 15) is 5.21 Å². The standard InChI is InChI=1S/C10H14N4O2/c1-7(8-2-3-16-6-8)13-4-10(12)14(15)5-9(13)11/h2-7,15H,11-12H2,1H3. The van der Waals surface area contributed by atoms with Crippen LogP contribution in [0.25, 0.3) is 0 Å². The summed E-state index contributed by atoms with van der Waals surface area (Å²) in [6, 6.07) is 1.84. The van der Waals surface area contributed by atoms with E-state index >= 15 is 0 Å². The lowest BCUT2D eigenvalue weighted by Gasteiger charge is -2.32. The number of nitrogens with two attached hydrogens (primary N) is 2. The predicted molar refractivity (Wildman–Crippen MR) is 57.1 cm³/mol. The van der Waals surface area contributed by atoms with Crippen molar-refractivity contribution in [3.05, 3.63) is 48.2 Å². The van der Waals surface area contributed by atoms with Crippen LogP contribution >= 0.6 is 0 Å². The third kappa shape index (κ3) is 1.70. The summed E-state index contributed by atoms with van der Waals surface area (Å²) < 4.78 is 5.01. The Morgan fingerprint density at radius 2 is 2.06 bits per heavy atom. The van der Waals surface area contributed by atoms with Gasteiger partial charge in [0.05, 0.1) is 24.8 Å². The summed E-state index contributed by atoms with van der Waals surface area (Å²) in [7, 11) is 0. The molecule has 5 N–H and O–H groups in total. The van der Waals surface area contributed by atoms with E-state index in [4.69, 9.17) is 15.9 Å². The minimum absolute atomic E-state index is 0.0118. The van der Waals surface area contributed by atoms with Crippen LogP contribution in [-0.2, 0) is 0 Å². The lowest BCUT2D eigenvalue weighted by molar-refractivity contribution is -0.0149. The summed E-state index contributed by atoms with van der Waals surface area (Å²) in [4.78, 5) is 1.76. The first-order valence-corrected chi connectivity index (χ1v) is 4.82. The van der Waals surface area contributed by atoms with Gasteiger partial charge in [-0.1, -0.05) is 0 Å². The average molecular weight is 222 g/mol. The molecule has 6 nitrogen and oxygen atoms in total. The molecule has 0 amide bonds. The summed E-state index contributed by atoms with van der Waals surface area (Å²) >= 11 is 0. The van der Waals surface area contributed by atoms with Crippen LogP contribution in [0.3, 0.4) is 0 Å². The van der Waals surface area contributed by atoms with Crippen LogP contribution in [0.1, 0.15) is 18.5 Å². The Morgan fingerprint density at radius 1 is 1.31 bits per heavy atom. The largest absolute Gasteiger partial charge is 0.472 e. The van der Waals surface area contributed by atoms with Crippen molar-refractivity contribution >= 4 is 0 Å². The molecule has 1 aromatic rings. The molecule has 1 atom stereocenters. The van der Waals surface area contributed by atoms with Gasteiger partial charge in [0.15, 0.2) is 0 Å². The minimum atomic E-state index is -0.0118. The topological polar surface area (TPSA) is 91.9 Å². The van der Waals surface area contributed by atoms with E-state index in [1.807, 2.05) is 13.0 Å². The van der Waals surface area contributed by atoms with Crippen molar-refractivity contribution in [2.24, 2.45) is 11.5 Å². The van der Waals surface area contributed by atoms with Crippen LogP contribution < -0.4 is 11.5 Å². The second kappa shape index (κ2) is 3.82. The van der Waals surface area contributed by atoms with Gasteiger partial charge in [-0.3, -0.25) is 5.21 Å². The van der Waals surface area contributed by atoms with E-state index in [0.717, 1.165) is 10.6 Å². The van der Waals surface area contributed by atoms with Crippen LogP contribution in [0.5, 0.6) is 0 Å². The molecular weight excluding hydrogens is 208 g/mol. The molecule has 86 valence electrons. The molecule has 0 radical (unpaired) electrons. The van der Waals surface area contributed by atoms with Gasteiger partial charge in [0.1, 0.15) is 11.6 Å². The smallest absolute Gasteiger partial charge is 0.145 e. The van der Waals surface area contributed by atoms with Crippen molar-refractivity contribution in [3.8, 4) is 0 Å².